The fourth-order valence-corrected chi connectivity index (χ4v) is 3.93. The third-order valence-electron chi connectivity index (χ3n) is 5.65. The zero-order chi connectivity index (χ0) is 21.4. The van der Waals surface area contributed by atoms with Crippen molar-refractivity contribution in [1.29, 1.82) is 0 Å². The number of hydrogen-bond acceptors (Lipinski definition) is 4. The number of benzene rings is 3. The van der Waals surface area contributed by atoms with Gasteiger partial charge in [0.05, 0.1) is 19.7 Å². The number of rotatable bonds is 5. The molecule has 0 unspecified atom stereocenters. The van der Waals surface area contributed by atoms with Crippen LogP contribution in [-0.2, 0) is 6.54 Å². The highest BCUT2D eigenvalue weighted by Crippen LogP contribution is 2.38. The molecular formula is C26H23N3O2. The lowest BCUT2D eigenvalue weighted by atomic mass is 10.0. The molecule has 0 atom stereocenters. The van der Waals surface area contributed by atoms with Crippen LogP contribution in [0.3, 0.4) is 0 Å². The van der Waals surface area contributed by atoms with Crippen LogP contribution in [0, 0.1) is 6.92 Å². The molecule has 2 aliphatic heterocycles. The van der Waals surface area contributed by atoms with E-state index in [1.807, 2.05) is 36.4 Å². The number of pyridine rings is 1. The Hall–Kier alpha value is -3.86. The molecule has 5 nitrogen and oxygen atoms in total. The highest BCUT2D eigenvalue weighted by atomic mass is 16.5. The second kappa shape index (κ2) is 7.76. The van der Waals surface area contributed by atoms with E-state index in [-0.39, 0.29) is 0 Å². The molecule has 3 aromatic rings. The molecule has 0 aromatic heterocycles. The van der Waals surface area contributed by atoms with Gasteiger partial charge in [-0.2, -0.15) is 0 Å². The smallest absolute Gasteiger partial charge is 0.119 e. The first kappa shape index (κ1) is 19.1. The van der Waals surface area contributed by atoms with Crippen molar-refractivity contribution in [3.63, 3.8) is 0 Å². The monoisotopic (exact) mass is 409 g/mol. The summed E-state index contributed by atoms with van der Waals surface area (Å²) >= 11 is 0. The van der Waals surface area contributed by atoms with Crippen molar-refractivity contribution in [2.45, 2.75) is 13.5 Å². The number of aryl methyl sites for hydroxylation is 1. The Morgan fingerprint density at radius 1 is 0.774 bits per heavy atom. The van der Waals surface area contributed by atoms with Gasteiger partial charge in [-0.3, -0.25) is 0 Å². The second-order valence-corrected chi connectivity index (χ2v) is 7.67. The molecule has 5 rings (SSSR count). The standard InChI is InChI=1S/C26H23N3O2/c1-17-4-6-18(7-5-17)15-29-16-23-25(19-8-10-20(30-2)11-9-19)27-28-26(23)22-14-21(31-3)12-13-24(22)29/h4-14,16H,15H2,1-3H3. The van der Waals surface area contributed by atoms with Gasteiger partial charge in [-0.25, -0.2) is 0 Å². The van der Waals surface area contributed by atoms with E-state index in [4.69, 9.17) is 9.47 Å². The summed E-state index contributed by atoms with van der Waals surface area (Å²) in [7, 11) is 3.35. The minimum Gasteiger partial charge on any atom is -0.497 e. The van der Waals surface area contributed by atoms with E-state index in [1.54, 1.807) is 14.2 Å². The summed E-state index contributed by atoms with van der Waals surface area (Å²) < 4.78 is 13.0. The predicted molar refractivity (Wildman–Crippen MR) is 123 cm³/mol. The average Bonchev–Trinajstić information content (AvgIpc) is 3.24. The Morgan fingerprint density at radius 3 is 2.16 bits per heavy atom. The van der Waals surface area contributed by atoms with Gasteiger partial charge in [0.15, 0.2) is 0 Å². The van der Waals surface area contributed by atoms with E-state index < -0.39 is 0 Å². The minimum atomic E-state index is 0.756. The van der Waals surface area contributed by atoms with Crippen molar-refractivity contribution in [3.05, 3.63) is 84.1 Å². The lowest BCUT2D eigenvalue weighted by Gasteiger charge is -2.16. The van der Waals surface area contributed by atoms with E-state index in [2.05, 4.69) is 58.2 Å². The van der Waals surface area contributed by atoms with E-state index in [1.165, 1.54) is 11.1 Å². The molecule has 5 heteroatoms. The zero-order valence-corrected chi connectivity index (χ0v) is 17.8. The first-order valence-corrected chi connectivity index (χ1v) is 10.2. The summed E-state index contributed by atoms with van der Waals surface area (Å²) in [6.45, 7) is 2.86. The molecule has 0 saturated heterocycles. The number of nitrogens with zero attached hydrogens (tertiary/aromatic N) is 3. The van der Waals surface area contributed by atoms with Gasteiger partial charge < -0.3 is 14.0 Å². The molecule has 0 aliphatic carbocycles. The van der Waals surface area contributed by atoms with Gasteiger partial charge in [0.1, 0.15) is 22.9 Å². The predicted octanol–water partition coefficient (Wildman–Crippen LogP) is 5.58. The number of fused-ring (bicyclic) bond motifs is 3. The summed E-state index contributed by atoms with van der Waals surface area (Å²) in [6, 6.07) is 22.7. The fraction of sp³-hybridized carbons (Fsp3) is 0.154. The molecule has 0 fully saturated rings. The van der Waals surface area contributed by atoms with Crippen LogP contribution in [0.5, 0.6) is 11.5 Å². The topological polar surface area (TPSA) is 49.2 Å². The van der Waals surface area contributed by atoms with Gasteiger partial charge in [-0.05, 0) is 55.0 Å². The summed E-state index contributed by atoms with van der Waals surface area (Å²) in [5.74, 6) is 1.62. The van der Waals surface area contributed by atoms with Gasteiger partial charge >= 0.3 is 0 Å². The maximum atomic E-state index is 5.49. The fourth-order valence-electron chi connectivity index (χ4n) is 3.93. The van der Waals surface area contributed by atoms with Crippen LogP contribution in [0.4, 0.5) is 0 Å². The van der Waals surface area contributed by atoms with Crippen molar-refractivity contribution in [3.8, 4) is 34.0 Å². The molecule has 154 valence electrons. The Kier molecular flexibility index (Phi) is 4.79. The van der Waals surface area contributed by atoms with Crippen molar-refractivity contribution in [2.24, 2.45) is 0 Å². The van der Waals surface area contributed by atoms with Crippen molar-refractivity contribution in [1.82, 2.24) is 14.8 Å². The second-order valence-electron chi connectivity index (χ2n) is 7.67. The van der Waals surface area contributed by atoms with Crippen molar-refractivity contribution in [2.75, 3.05) is 14.2 Å². The van der Waals surface area contributed by atoms with Gasteiger partial charge in [0.25, 0.3) is 0 Å². The maximum absolute atomic E-state index is 5.49. The summed E-state index contributed by atoms with van der Waals surface area (Å²) in [5.41, 5.74) is 7.34. The molecule has 0 bridgehead atoms. The quantitative estimate of drug-likeness (QED) is 0.380. The molecule has 0 spiro atoms. The van der Waals surface area contributed by atoms with E-state index >= 15 is 0 Å². The SMILES string of the molecule is COc1ccc(-c2nnc3c4cc(OC)ccc4n(Cc4ccc(C)cc4)cc2-3)cc1. The third-order valence-corrected chi connectivity index (χ3v) is 5.65. The van der Waals surface area contributed by atoms with Gasteiger partial charge in [-0.15, -0.1) is 10.2 Å². The number of ether oxygens (including phenoxy) is 2. The molecule has 0 radical (unpaired) electrons. The number of hydrogen-bond donors (Lipinski definition) is 0. The Labute approximate surface area is 181 Å². The molecule has 0 amide bonds. The molecular weight excluding hydrogens is 386 g/mol. The summed E-state index contributed by atoms with van der Waals surface area (Å²) in [6.07, 6.45) is 2.16. The normalized spacial score (nSPS) is 11.2. The molecule has 2 heterocycles. The van der Waals surface area contributed by atoms with Crippen LogP contribution < -0.4 is 9.47 Å². The molecule has 0 N–H and O–H groups in total. The first-order chi connectivity index (χ1) is 15.2. The maximum Gasteiger partial charge on any atom is 0.119 e. The number of methoxy groups -OCH3 is 2. The zero-order valence-electron chi connectivity index (χ0n) is 17.8. The van der Waals surface area contributed by atoms with Gasteiger partial charge in [0, 0.05) is 29.3 Å². The highest BCUT2D eigenvalue weighted by molar-refractivity contribution is 5.98. The van der Waals surface area contributed by atoms with Crippen LogP contribution in [0.15, 0.2) is 72.9 Å². The summed E-state index contributed by atoms with van der Waals surface area (Å²) in [5, 5.41) is 10.1. The van der Waals surface area contributed by atoms with Crippen molar-refractivity contribution < 1.29 is 9.47 Å². The van der Waals surface area contributed by atoms with E-state index in [9.17, 15) is 0 Å². The average molecular weight is 409 g/mol. The molecule has 31 heavy (non-hydrogen) atoms. The molecule has 2 aliphatic rings. The van der Waals surface area contributed by atoms with Crippen LogP contribution in [0.25, 0.3) is 33.4 Å². The van der Waals surface area contributed by atoms with Crippen LogP contribution in [-0.4, -0.2) is 29.0 Å². The van der Waals surface area contributed by atoms with Crippen LogP contribution >= 0.6 is 0 Å². The van der Waals surface area contributed by atoms with Gasteiger partial charge in [-0.1, -0.05) is 29.8 Å². The van der Waals surface area contributed by atoms with E-state index in [0.717, 1.165) is 51.5 Å². The van der Waals surface area contributed by atoms with Crippen molar-refractivity contribution >= 4 is 10.9 Å². The lowest BCUT2D eigenvalue weighted by Crippen LogP contribution is -2.04. The third kappa shape index (κ3) is 3.48. The highest BCUT2D eigenvalue weighted by Gasteiger charge is 2.21. The Bertz CT molecular complexity index is 1320. The minimum absolute atomic E-state index is 0.756. The number of aromatic nitrogens is 3. The lowest BCUT2D eigenvalue weighted by molar-refractivity contribution is 0.415. The first-order valence-electron chi connectivity index (χ1n) is 10.2. The van der Waals surface area contributed by atoms with Crippen LogP contribution in [0.1, 0.15) is 11.1 Å². The van der Waals surface area contributed by atoms with Gasteiger partial charge in [0.2, 0.25) is 0 Å². The largest absolute Gasteiger partial charge is 0.497 e. The molecule has 0 saturated carbocycles. The van der Waals surface area contributed by atoms with Crippen LogP contribution in [0.2, 0.25) is 0 Å². The Balaban J connectivity index is 1.70. The molecule has 3 aromatic carbocycles. The van der Waals surface area contributed by atoms with E-state index in [0.29, 0.717) is 0 Å². The Morgan fingerprint density at radius 2 is 1.45 bits per heavy atom. The summed E-state index contributed by atoms with van der Waals surface area (Å²) in [4.78, 5) is 0.